The fourth-order valence-corrected chi connectivity index (χ4v) is 4.11. The van der Waals surface area contributed by atoms with E-state index in [4.69, 9.17) is 15.2 Å². The van der Waals surface area contributed by atoms with Gasteiger partial charge >= 0.3 is 0 Å². The maximum Gasteiger partial charge on any atom is 0.293 e. The smallest absolute Gasteiger partial charge is 0.293 e. The van der Waals surface area contributed by atoms with Crippen LogP contribution >= 0.6 is 0 Å². The van der Waals surface area contributed by atoms with Crippen LogP contribution in [-0.2, 0) is 27.7 Å². The van der Waals surface area contributed by atoms with E-state index in [-0.39, 0.29) is 48.2 Å². The highest BCUT2D eigenvalue weighted by atomic mass is 16.6. The van der Waals surface area contributed by atoms with Gasteiger partial charge in [-0.1, -0.05) is 30.3 Å². The highest BCUT2D eigenvalue weighted by molar-refractivity contribution is 5.82. The number of nitrogens with two attached hydrogens (primary N) is 1. The lowest BCUT2D eigenvalue weighted by Crippen LogP contribution is -2.30. The number of carbonyl (C=O) groups is 1. The zero-order valence-electron chi connectivity index (χ0n) is 19.1. The van der Waals surface area contributed by atoms with E-state index in [9.17, 15) is 15.0 Å². The minimum absolute atomic E-state index is 0.108. The maximum atomic E-state index is 11.1. The van der Waals surface area contributed by atoms with E-state index in [0.717, 1.165) is 5.56 Å². The van der Waals surface area contributed by atoms with E-state index in [0.29, 0.717) is 11.9 Å². The molecule has 0 unspecified atom stereocenters. The summed E-state index contributed by atoms with van der Waals surface area (Å²) in [5.74, 6) is 0.629. The third-order valence-corrected chi connectivity index (χ3v) is 5.77. The standard InChI is InChI=1S/C21H24N10O5/c1-31-29-20(28-30-31)15-13(34)14(35-9-33)16(36-15)19-24-12-17(22)25-21(27-18(12)26-19)23-11(8-32)7-10-5-3-2-4-6-10/h2-6,9,11,13-16,32,34H,7-8H2,1H3,(H4,22,23,24,25,26,27)/t11-,13-,14+,15-,16-/m0/s1. The summed E-state index contributed by atoms with van der Waals surface area (Å²) in [6, 6.07) is 9.32. The molecule has 1 aliphatic rings. The fourth-order valence-electron chi connectivity index (χ4n) is 4.11. The molecule has 0 saturated carbocycles. The number of rotatable bonds is 9. The van der Waals surface area contributed by atoms with E-state index >= 15 is 0 Å². The summed E-state index contributed by atoms with van der Waals surface area (Å²) in [5, 5.41) is 35.3. The van der Waals surface area contributed by atoms with Crippen LogP contribution in [0.25, 0.3) is 11.2 Å². The lowest BCUT2D eigenvalue weighted by Gasteiger charge is -2.16. The van der Waals surface area contributed by atoms with Crippen molar-refractivity contribution >= 4 is 29.4 Å². The monoisotopic (exact) mass is 496 g/mol. The van der Waals surface area contributed by atoms with Crippen LogP contribution in [0.15, 0.2) is 30.3 Å². The molecular weight excluding hydrogens is 472 g/mol. The van der Waals surface area contributed by atoms with Crippen LogP contribution in [0.1, 0.15) is 29.4 Å². The predicted octanol–water partition coefficient (Wildman–Crippen LogP) is -0.811. The molecule has 4 aromatic rings. The molecular formula is C21H24N10O5. The van der Waals surface area contributed by atoms with Gasteiger partial charge < -0.3 is 35.7 Å². The molecule has 15 nitrogen and oxygen atoms in total. The Morgan fingerprint density at radius 2 is 2.08 bits per heavy atom. The van der Waals surface area contributed by atoms with Crippen molar-refractivity contribution < 1.29 is 24.5 Å². The van der Waals surface area contributed by atoms with Crippen molar-refractivity contribution in [3.8, 4) is 0 Å². The lowest BCUT2D eigenvalue weighted by atomic mass is 10.1. The van der Waals surface area contributed by atoms with Crippen LogP contribution < -0.4 is 11.1 Å². The summed E-state index contributed by atoms with van der Waals surface area (Å²) in [5.41, 5.74) is 7.74. The van der Waals surface area contributed by atoms with Crippen LogP contribution in [-0.4, -0.2) is 81.7 Å². The van der Waals surface area contributed by atoms with Crippen LogP contribution in [0, 0.1) is 0 Å². The van der Waals surface area contributed by atoms with Gasteiger partial charge in [-0.2, -0.15) is 14.8 Å². The zero-order chi connectivity index (χ0) is 25.2. The summed E-state index contributed by atoms with van der Waals surface area (Å²) in [7, 11) is 1.57. The number of tetrazole rings is 1. The van der Waals surface area contributed by atoms with Crippen molar-refractivity contribution in [1.82, 2.24) is 40.1 Å². The van der Waals surface area contributed by atoms with E-state index in [1.807, 2.05) is 30.3 Å². The number of carbonyl (C=O) groups excluding carboxylic acids is 1. The lowest BCUT2D eigenvalue weighted by molar-refractivity contribution is -0.140. The first-order valence-corrected chi connectivity index (χ1v) is 11.1. The summed E-state index contributed by atoms with van der Waals surface area (Å²) in [6.07, 6.45) is -3.84. The van der Waals surface area contributed by atoms with Gasteiger partial charge in [0.15, 0.2) is 29.8 Å². The molecule has 5 atom stereocenters. The largest absolute Gasteiger partial charge is 0.458 e. The Hall–Kier alpha value is -4.21. The second-order valence-electron chi connectivity index (χ2n) is 8.27. The molecule has 0 radical (unpaired) electrons. The summed E-state index contributed by atoms with van der Waals surface area (Å²) in [6.45, 7) is 0.0651. The van der Waals surface area contributed by atoms with E-state index in [1.165, 1.54) is 4.80 Å². The Morgan fingerprint density at radius 3 is 2.78 bits per heavy atom. The Labute approximate surface area is 203 Å². The van der Waals surface area contributed by atoms with Gasteiger partial charge in [0.1, 0.15) is 17.4 Å². The molecule has 0 amide bonds. The Balaban J connectivity index is 1.41. The van der Waals surface area contributed by atoms with Gasteiger partial charge in [-0.3, -0.25) is 4.79 Å². The van der Waals surface area contributed by atoms with E-state index < -0.39 is 24.4 Å². The number of fused-ring (bicyclic) bond motifs is 1. The number of aliphatic hydroxyl groups excluding tert-OH is 2. The molecule has 0 spiro atoms. The summed E-state index contributed by atoms with van der Waals surface area (Å²) < 4.78 is 11.0. The number of nitrogen functional groups attached to an aromatic ring is 1. The molecule has 188 valence electrons. The van der Waals surface area contributed by atoms with Crippen molar-refractivity contribution in [3.63, 3.8) is 0 Å². The molecule has 1 aliphatic heterocycles. The highest BCUT2D eigenvalue weighted by Gasteiger charge is 2.50. The van der Waals surface area contributed by atoms with Gasteiger partial charge in [0.2, 0.25) is 11.8 Å². The van der Waals surface area contributed by atoms with Crippen molar-refractivity contribution in [2.75, 3.05) is 17.7 Å². The minimum Gasteiger partial charge on any atom is -0.458 e. The highest BCUT2D eigenvalue weighted by Crippen LogP contribution is 2.41. The van der Waals surface area contributed by atoms with Gasteiger partial charge in [-0.25, -0.2) is 4.98 Å². The van der Waals surface area contributed by atoms with Crippen LogP contribution in [0.5, 0.6) is 0 Å². The Morgan fingerprint density at radius 1 is 1.28 bits per heavy atom. The number of ether oxygens (including phenoxy) is 2. The molecule has 3 aromatic heterocycles. The first-order chi connectivity index (χ1) is 17.5. The average Bonchev–Trinajstić information content (AvgIpc) is 3.57. The van der Waals surface area contributed by atoms with Gasteiger partial charge in [0.05, 0.1) is 19.7 Å². The number of benzene rings is 1. The average molecular weight is 496 g/mol. The predicted molar refractivity (Wildman–Crippen MR) is 123 cm³/mol. The van der Waals surface area contributed by atoms with Crippen molar-refractivity contribution in [3.05, 3.63) is 47.5 Å². The third kappa shape index (κ3) is 4.53. The molecule has 4 heterocycles. The van der Waals surface area contributed by atoms with Gasteiger partial charge in [0.25, 0.3) is 6.47 Å². The number of imidazole rings is 1. The minimum atomic E-state index is -1.28. The maximum absolute atomic E-state index is 11.1. The van der Waals surface area contributed by atoms with Crippen molar-refractivity contribution in [2.45, 2.75) is 36.9 Å². The molecule has 0 bridgehead atoms. The number of nitrogens with zero attached hydrogens (tertiary/aromatic N) is 7. The van der Waals surface area contributed by atoms with Crippen LogP contribution in [0.4, 0.5) is 11.8 Å². The van der Waals surface area contributed by atoms with Crippen molar-refractivity contribution in [1.29, 1.82) is 0 Å². The number of hydrogen-bond acceptors (Lipinski definition) is 13. The van der Waals surface area contributed by atoms with Crippen LogP contribution in [0.2, 0.25) is 0 Å². The van der Waals surface area contributed by atoms with Gasteiger partial charge in [0, 0.05) is 0 Å². The molecule has 36 heavy (non-hydrogen) atoms. The topological polar surface area (TPSA) is 212 Å². The Kier molecular flexibility index (Phi) is 6.41. The van der Waals surface area contributed by atoms with Gasteiger partial charge in [-0.05, 0) is 17.2 Å². The SMILES string of the molecule is Cn1nnc([C@H]2O[C@H](c3nc4nc(N[C@H](CO)Cc5ccccc5)nc(N)c4[nH]3)[C@H](OC=O)[C@@H]2O)n1. The number of H-pyrrole nitrogens is 1. The molecule has 1 saturated heterocycles. The Bertz CT molecular complexity index is 1350. The number of aromatic nitrogens is 8. The molecule has 1 fully saturated rings. The number of aliphatic hydroxyl groups is 2. The number of anilines is 2. The number of aryl methyl sites for hydroxylation is 1. The molecule has 5 rings (SSSR count). The quantitative estimate of drug-likeness (QED) is 0.180. The second-order valence-corrected chi connectivity index (χ2v) is 8.27. The third-order valence-electron chi connectivity index (χ3n) is 5.77. The van der Waals surface area contributed by atoms with Crippen LogP contribution in [0.3, 0.4) is 0 Å². The summed E-state index contributed by atoms with van der Waals surface area (Å²) >= 11 is 0. The molecule has 15 heteroatoms. The number of hydrogen-bond donors (Lipinski definition) is 5. The summed E-state index contributed by atoms with van der Waals surface area (Å²) in [4.78, 5) is 28.5. The molecule has 6 N–H and O–H groups in total. The van der Waals surface area contributed by atoms with Gasteiger partial charge in [-0.15, -0.1) is 10.2 Å². The first kappa shape index (κ1) is 23.5. The normalized spacial score (nSPS) is 22.5. The molecule has 1 aromatic carbocycles. The second kappa shape index (κ2) is 9.80. The first-order valence-electron chi connectivity index (χ1n) is 11.1. The number of nitrogens with one attached hydrogen (secondary N) is 2. The van der Waals surface area contributed by atoms with Crippen molar-refractivity contribution in [2.24, 2.45) is 7.05 Å². The fraction of sp³-hybridized carbons (Fsp3) is 0.381. The molecule has 0 aliphatic carbocycles. The zero-order valence-corrected chi connectivity index (χ0v) is 19.1. The van der Waals surface area contributed by atoms with E-state index in [1.54, 1.807) is 7.05 Å². The number of aromatic amines is 1. The van der Waals surface area contributed by atoms with E-state index in [2.05, 4.69) is 40.7 Å².